The number of carbonyl (C=O) groups excluding carboxylic acids is 1. The van der Waals surface area contributed by atoms with Gasteiger partial charge in [-0.3, -0.25) is 4.79 Å². The van der Waals surface area contributed by atoms with Gasteiger partial charge < -0.3 is 20.4 Å². The molecule has 3 aromatic rings. The van der Waals surface area contributed by atoms with Crippen molar-refractivity contribution < 1.29 is 9.53 Å². The van der Waals surface area contributed by atoms with Gasteiger partial charge in [0.2, 0.25) is 0 Å². The summed E-state index contributed by atoms with van der Waals surface area (Å²) in [6, 6.07) is 6.04. The molecule has 0 spiro atoms. The first-order valence-corrected chi connectivity index (χ1v) is 10.2. The van der Waals surface area contributed by atoms with Crippen LogP contribution in [0.2, 0.25) is 0 Å². The van der Waals surface area contributed by atoms with Crippen LogP contribution in [0.1, 0.15) is 41.4 Å². The summed E-state index contributed by atoms with van der Waals surface area (Å²) >= 11 is 0. The summed E-state index contributed by atoms with van der Waals surface area (Å²) in [7, 11) is 0. The minimum absolute atomic E-state index is 0.0741. The molecular formula is C20H27N7O2. The van der Waals surface area contributed by atoms with Crippen molar-refractivity contribution in [1.29, 1.82) is 0 Å². The highest BCUT2D eigenvalue weighted by Crippen LogP contribution is 2.32. The Morgan fingerprint density at radius 2 is 2.14 bits per heavy atom. The second-order valence-electron chi connectivity index (χ2n) is 7.22. The molecule has 4 rings (SSSR count). The number of benzene rings is 1. The molecule has 0 aliphatic heterocycles. The zero-order valence-electron chi connectivity index (χ0n) is 16.7. The lowest BCUT2D eigenvalue weighted by atomic mass is 9.95. The predicted octanol–water partition coefficient (Wildman–Crippen LogP) is 1.56. The van der Waals surface area contributed by atoms with Crippen LogP contribution in [0.25, 0.3) is 10.9 Å². The summed E-state index contributed by atoms with van der Waals surface area (Å²) in [4.78, 5) is 14.0. The van der Waals surface area contributed by atoms with Crippen LogP contribution in [-0.4, -0.2) is 50.4 Å². The Labute approximate surface area is 169 Å². The van der Waals surface area contributed by atoms with E-state index >= 15 is 0 Å². The Bertz CT molecular complexity index is 1010. The Balaban J connectivity index is 1.32. The van der Waals surface area contributed by atoms with Crippen molar-refractivity contribution in [3.63, 3.8) is 0 Å². The van der Waals surface area contributed by atoms with Crippen molar-refractivity contribution in [2.75, 3.05) is 25.5 Å². The van der Waals surface area contributed by atoms with Crippen LogP contribution in [0.15, 0.2) is 18.2 Å². The predicted molar refractivity (Wildman–Crippen MR) is 110 cm³/mol. The molecule has 29 heavy (non-hydrogen) atoms. The summed E-state index contributed by atoms with van der Waals surface area (Å²) < 4.78 is 7.91. The summed E-state index contributed by atoms with van der Waals surface area (Å²) in [6.45, 7) is 4.90. The molecule has 3 N–H and O–H groups in total. The Hall–Kier alpha value is -2.94. The van der Waals surface area contributed by atoms with Crippen LogP contribution in [0, 0.1) is 0 Å². The highest BCUT2D eigenvalue weighted by Gasteiger charge is 2.20. The summed E-state index contributed by atoms with van der Waals surface area (Å²) in [5, 5.41) is 15.4. The molecule has 0 bridgehead atoms. The van der Waals surface area contributed by atoms with Gasteiger partial charge in [-0.15, -0.1) is 5.10 Å². The van der Waals surface area contributed by atoms with E-state index in [1.54, 1.807) is 0 Å². The topological polar surface area (TPSA) is 113 Å². The third-order valence-corrected chi connectivity index (χ3v) is 5.39. The molecule has 2 heterocycles. The molecule has 0 atom stereocenters. The van der Waals surface area contributed by atoms with Gasteiger partial charge in [-0.05, 0) is 61.6 Å². The maximum Gasteiger partial charge on any atom is 0.260 e. The van der Waals surface area contributed by atoms with E-state index in [1.165, 1.54) is 39.8 Å². The highest BCUT2D eigenvalue weighted by atomic mass is 16.5. The molecule has 1 aliphatic carbocycles. The van der Waals surface area contributed by atoms with E-state index in [0.29, 0.717) is 31.9 Å². The number of tetrazole rings is 1. The van der Waals surface area contributed by atoms with Crippen molar-refractivity contribution in [3.05, 3.63) is 35.0 Å². The van der Waals surface area contributed by atoms with Crippen molar-refractivity contribution in [2.24, 2.45) is 0 Å². The summed E-state index contributed by atoms with van der Waals surface area (Å²) in [5.74, 6) is 0.0693. The fourth-order valence-corrected chi connectivity index (χ4v) is 4.08. The van der Waals surface area contributed by atoms with Crippen LogP contribution in [0.5, 0.6) is 0 Å². The molecule has 9 nitrogen and oxygen atoms in total. The number of anilines is 1. The van der Waals surface area contributed by atoms with Gasteiger partial charge in [0.25, 0.3) is 11.9 Å². The summed E-state index contributed by atoms with van der Waals surface area (Å²) in [6.07, 6.45) is 4.70. The van der Waals surface area contributed by atoms with Crippen LogP contribution in [0.4, 0.5) is 5.95 Å². The van der Waals surface area contributed by atoms with Crippen LogP contribution >= 0.6 is 0 Å². The van der Waals surface area contributed by atoms with E-state index in [2.05, 4.69) is 38.3 Å². The second-order valence-corrected chi connectivity index (χ2v) is 7.22. The smallest absolute Gasteiger partial charge is 0.260 e. The van der Waals surface area contributed by atoms with E-state index in [-0.39, 0.29) is 11.9 Å². The number of nitrogen functional groups attached to an aromatic ring is 1. The Kier molecular flexibility index (Phi) is 5.75. The monoisotopic (exact) mass is 397 g/mol. The van der Waals surface area contributed by atoms with Crippen LogP contribution in [0.3, 0.4) is 0 Å². The number of nitrogens with one attached hydrogen (secondary N) is 1. The molecule has 0 fully saturated rings. The fraction of sp³-hybridized carbons (Fsp3) is 0.500. The zero-order valence-corrected chi connectivity index (χ0v) is 16.7. The number of fused-ring (bicyclic) bond motifs is 3. The van der Waals surface area contributed by atoms with E-state index in [0.717, 1.165) is 19.4 Å². The van der Waals surface area contributed by atoms with Gasteiger partial charge in [-0.1, -0.05) is 5.10 Å². The third kappa shape index (κ3) is 4.09. The first kappa shape index (κ1) is 19.4. The van der Waals surface area contributed by atoms with Crippen molar-refractivity contribution in [2.45, 2.75) is 45.7 Å². The van der Waals surface area contributed by atoms with E-state index in [1.807, 2.05) is 12.1 Å². The zero-order chi connectivity index (χ0) is 20.2. The molecule has 1 aliphatic rings. The molecule has 2 aromatic heterocycles. The van der Waals surface area contributed by atoms with E-state index in [9.17, 15) is 4.79 Å². The molecule has 1 aromatic carbocycles. The van der Waals surface area contributed by atoms with E-state index < -0.39 is 0 Å². The normalized spacial score (nSPS) is 13.6. The number of nitrogens with zero attached hydrogens (tertiary/aromatic N) is 5. The lowest BCUT2D eigenvalue weighted by Crippen LogP contribution is -2.27. The quantitative estimate of drug-likeness (QED) is 0.558. The molecule has 154 valence electrons. The molecule has 9 heteroatoms. The van der Waals surface area contributed by atoms with Gasteiger partial charge in [-0.2, -0.15) is 4.80 Å². The van der Waals surface area contributed by atoms with Gasteiger partial charge >= 0.3 is 0 Å². The molecule has 1 amide bonds. The van der Waals surface area contributed by atoms with Gasteiger partial charge in [0.15, 0.2) is 0 Å². The van der Waals surface area contributed by atoms with Crippen molar-refractivity contribution in [3.8, 4) is 0 Å². The molecule has 0 saturated heterocycles. The minimum atomic E-state index is -0.0741. The summed E-state index contributed by atoms with van der Waals surface area (Å²) in [5.41, 5.74) is 10.2. The van der Waals surface area contributed by atoms with E-state index in [4.69, 9.17) is 10.5 Å². The Morgan fingerprint density at radius 3 is 2.93 bits per heavy atom. The SMILES string of the molecule is CCn1c2c(c3cc(C(=O)NCCOCCn4nnc(N)n4)ccc31)CCCC2. The standard InChI is InChI=1S/C20H27N7O2/c1-2-26-17-6-4-3-5-15(17)16-13-14(7-8-18(16)26)19(28)22-9-11-29-12-10-27-24-20(21)23-25-27/h7-8,13H,2-6,9-12H2,1H3,(H2,21,24)(H,22,28). The molecule has 0 unspecified atom stereocenters. The number of ether oxygens (including phenoxy) is 1. The molecule has 0 radical (unpaired) electrons. The number of aromatic nitrogens is 5. The van der Waals surface area contributed by atoms with Crippen molar-refractivity contribution >= 4 is 22.8 Å². The fourth-order valence-electron chi connectivity index (χ4n) is 4.08. The number of nitrogens with two attached hydrogens (primary N) is 1. The maximum atomic E-state index is 12.6. The maximum absolute atomic E-state index is 12.6. The second kappa shape index (κ2) is 8.60. The number of rotatable bonds is 8. The highest BCUT2D eigenvalue weighted by molar-refractivity contribution is 5.99. The lowest BCUT2D eigenvalue weighted by Gasteiger charge is -2.14. The van der Waals surface area contributed by atoms with Gasteiger partial charge in [0.1, 0.15) is 0 Å². The molecular weight excluding hydrogens is 370 g/mol. The van der Waals surface area contributed by atoms with Crippen LogP contribution < -0.4 is 11.1 Å². The van der Waals surface area contributed by atoms with Gasteiger partial charge in [0.05, 0.1) is 19.8 Å². The average molecular weight is 397 g/mol. The largest absolute Gasteiger partial charge is 0.378 e. The minimum Gasteiger partial charge on any atom is -0.378 e. The number of amides is 1. The van der Waals surface area contributed by atoms with Gasteiger partial charge in [0, 0.05) is 35.2 Å². The Morgan fingerprint density at radius 1 is 1.28 bits per heavy atom. The first-order valence-electron chi connectivity index (χ1n) is 10.2. The van der Waals surface area contributed by atoms with Crippen molar-refractivity contribution in [1.82, 2.24) is 30.1 Å². The molecule has 0 saturated carbocycles. The third-order valence-electron chi connectivity index (χ3n) is 5.39. The number of carbonyl (C=O) groups is 1. The number of aryl methyl sites for hydroxylation is 2. The first-order chi connectivity index (χ1) is 14.2. The average Bonchev–Trinajstić information content (AvgIpc) is 3.30. The number of hydrogen-bond donors (Lipinski definition) is 2. The van der Waals surface area contributed by atoms with Crippen LogP contribution in [-0.2, 0) is 30.7 Å². The lowest BCUT2D eigenvalue weighted by molar-refractivity contribution is 0.0902. The van der Waals surface area contributed by atoms with Gasteiger partial charge in [-0.25, -0.2) is 0 Å². The number of hydrogen-bond acceptors (Lipinski definition) is 6.